The summed E-state index contributed by atoms with van der Waals surface area (Å²) in [5.74, 6) is 0. The fraction of sp³-hybridized carbons (Fsp3) is 0.135. The summed E-state index contributed by atoms with van der Waals surface area (Å²) in [5, 5.41) is 9.52. The first kappa shape index (κ1) is 33.9. The van der Waals surface area contributed by atoms with E-state index in [2.05, 4.69) is 4.99 Å². The molecule has 2 aliphatic rings. The zero-order valence-corrected chi connectivity index (χ0v) is 25.2. The van der Waals surface area contributed by atoms with Gasteiger partial charge < -0.3 is 0 Å². The van der Waals surface area contributed by atoms with E-state index in [1.54, 1.807) is 24.4 Å². The van der Waals surface area contributed by atoms with E-state index < -0.39 is 47.0 Å². The molecule has 0 N–H and O–H groups in total. The van der Waals surface area contributed by atoms with Gasteiger partial charge in [-0.2, -0.15) is 62.9 Å². The second-order valence-corrected chi connectivity index (χ2v) is 12.0. The number of hydrogen-bond acceptors (Lipinski definition) is 2. The first-order chi connectivity index (χ1) is 23.7. The Labute approximate surface area is 279 Å². The molecular weight excluding hydrogens is 700 g/mol. The Kier molecular flexibility index (Phi) is 7.45. The fourth-order valence-electron chi connectivity index (χ4n) is 6.56. The highest BCUT2D eigenvalue weighted by Gasteiger charge is 2.39. The van der Waals surface area contributed by atoms with Crippen molar-refractivity contribution in [2.24, 2.45) is 4.99 Å². The van der Waals surface area contributed by atoms with Crippen molar-refractivity contribution >= 4 is 5.71 Å². The van der Waals surface area contributed by atoms with Crippen LogP contribution in [0.2, 0.25) is 0 Å². The molecule has 0 bridgehead atoms. The van der Waals surface area contributed by atoms with Gasteiger partial charge in [0, 0.05) is 11.1 Å². The third-order valence-electron chi connectivity index (χ3n) is 8.84. The molecule has 14 heteroatoms. The summed E-state index contributed by atoms with van der Waals surface area (Å²) in [5.41, 5.74) is -1.90. The number of benzene rings is 5. The lowest BCUT2D eigenvalue weighted by Gasteiger charge is -2.15. The molecule has 258 valence electrons. The first-order valence-corrected chi connectivity index (χ1v) is 14.7. The number of hydrogen-bond donors (Lipinski definition) is 0. The highest BCUT2D eigenvalue weighted by molar-refractivity contribution is 6.26. The summed E-state index contributed by atoms with van der Waals surface area (Å²) in [4.78, 5) is 3.92. The van der Waals surface area contributed by atoms with Crippen LogP contribution in [0.4, 0.5) is 52.7 Å². The third kappa shape index (κ3) is 6.00. The number of aliphatic imine (C=N–C) groups is 1. The SMILES string of the molecule is N#CN=C1c2cc(-c3cc(C(F)(F)F)cc(C(F)(F)F)c3)ccc2-c2cc3c(cc21)-c1ccc(-c2cc(C(F)(F)F)cc(C(F)(F)F)c2)cc1C3. The maximum atomic E-state index is 13.6. The third-order valence-corrected chi connectivity index (χ3v) is 8.84. The maximum absolute atomic E-state index is 13.6. The van der Waals surface area contributed by atoms with Gasteiger partial charge in [-0.05, 0) is 117 Å². The Morgan fingerprint density at radius 3 is 1.31 bits per heavy atom. The molecule has 0 radical (unpaired) electrons. The van der Waals surface area contributed by atoms with Crippen molar-refractivity contribution in [2.75, 3.05) is 0 Å². The van der Waals surface area contributed by atoms with Gasteiger partial charge in [0.25, 0.3) is 0 Å². The molecule has 7 rings (SSSR count). The molecule has 2 aliphatic carbocycles. The number of nitrogens with zero attached hydrogens (tertiary/aromatic N) is 2. The molecule has 5 aromatic rings. The zero-order valence-electron chi connectivity index (χ0n) is 25.2. The van der Waals surface area contributed by atoms with E-state index in [0.717, 1.165) is 5.56 Å². The molecule has 0 aromatic heterocycles. The summed E-state index contributed by atoms with van der Waals surface area (Å²) >= 11 is 0. The van der Waals surface area contributed by atoms with Crippen molar-refractivity contribution in [2.45, 2.75) is 31.1 Å². The van der Waals surface area contributed by atoms with Crippen LogP contribution < -0.4 is 0 Å². The molecule has 0 spiro atoms. The molecule has 0 saturated heterocycles. The van der Waals surface area contributed by atoms with Gasteiger partial charge in [-0.1, -0.05) is 30.3 Å². The van der Waals surface area contributed by atoms with E-state index in [9.17, 15) is 57.9 Å². The van der Waals surface area contributed by atoms with E-state index >= 15 is 0 Å². The van der Waals surface area contributed by atoms with Crippen molar-refractivity contribution in [1.82, 2.24) is 0 Å². The largest absolute Gasteiger partial charge is 0.416 e. The standard InChI is InChI=1S/C37H16F12N2/c38-34(39,40)23-7-19(8-24(13-23)35(41,42)43)17-1-3-27-21(5-17)6-22-12-30-28-4-2-18(11-31(28)33(51-16-50)32(30)15-29(22)27)20-9-25(36(44,45)46)14-26(10-20)37(47,48)49/h1-5,7-15H,6H2. The second kappa shape index (κ2) is 11.2. The molecule has 5 aromatic carbocycles. The summed E-state index contributed by atoms with van der Waals surface area (Å²) in [6.45, 7) is 0. The minimum Gasteiger partial charge on any atom is -0.172 e. The molecule has 0 aliphatic heterocycles. The number of halogens is 12. The van der Waals surface area contributed by atoms with Crippen molar-refractivity contribution in [1.29, 1.82) is 5.26 Å². The van der Waals surface area contributed by atoms with Gasteiger partial charge in [-0.15, -0.1) is 0 Å². The zero-order chi connectivity index (χ0) is 36.8. The summed E-state index contributed by atoms with van der Waals surface area (Å²) in [6, 6.07) is 14.7. The molecule has 0 unspecified atom stereocenters. The van der Waals surface area contributed by atoms with Gasteiger partial charge in [-0.3, -0.25) is 0 Å². The number of rotatable bonds is 2. The molecule has 0 heterocycles. The van der Waals surface area contributed by atoms with E-state index in [1.807, 2.05) is 0 Å². The van der Waals surface area contributed by atoms with Crippen molar-refractivity contribution in [3.05, 3.63) is 129 Å². The Hall–Kier alpha value is -5.58. The van der Waals surface area contributed by atoms with Crippen molar-refractivity contribution in [3.63, 3.8) is 0 Å². The second-order valence-electron chi connectivity index (χ2n) is 12.0. The lowest BCUT2D eigenvalue weighted by molar-refractivity contribution is -0.144. The normalized spacial score (nSPS) is 14.6. The van der Waals surface area contributed by atoms with Crippen LogP contribution in [0, 0.1) is 11.5 Å². The topological polar surface area (TPSA) is 36.1 Å². The Morgan fingerprint density at radius 1 is 0.412 bits per heavy atom. The van der Waals surface area contributed by atoms with Crippen LogP contribution in [0.1, 0.15) is 44.5 Å². The van der Waals surface area contributed by atoms with Crippen LogP contribution >= 0.6 is 0 Å². The van der Waals surface area contributed by atoms with E-state index in [-0.39, 0.29) is 46.5 Å². The van der Waals surface area contributed by atoms with Gasteiger partial charge in [0.1, 0.15) is 0 Å². The minimum atomic E-state index is -5.06. The van der Waals surface area contributed by atoms with Crippen molar-refractivity contribution in [3.8, 4) is 50.7 Å². The van der Waals surface area contributed by atoms with Crippen LogP contribution in [-0.4, -0.2) is 5.71 Å². The maximum Gasteiger partial charge on any atom is 0.416 e. The number of fused-ring (bicyclic) bond motifs is 6. The molecule has 2 nitrogen and oxygen atoms in total. The Morgan fingerprint density at radius 2 is 0.843 bits per heavy atom. The predicted molar refractivity (Wildman–Crippen MR) is 162 cm³/mol. The molecule has 0 atom stereocenters. The van der Waals surface area contributed by atoms with Crippen LogP contribution in [0.25, 0.3) is 44.5 Å². The van der Waals surface area contributed by atoms with E-state index in [1.165, 1.54) is 30.3 Å². The summed E-state index contributed by atoms with van der Waals surface area (Å²) in [6.07, 6.45) is -18.3. The van der Waals surface area contributed by atoms with E-state index in [0.29, 0.717) is 63.2 Å². The fourth-order valence-corrected chi connectivity index (χ4v) is 6.56. The minimum absolute atomic E-state index is 0.0116. The summed E-state index contributed by atoms with van der Waals surface area (Å²) < 4.78 is 162. The van der Waals surface area contributed by atoms with Gasteiger partial charge in [0.15, 0.2) is 0 Å². The summed E-state index contributed by atoms with van der Waals surface area (Å²) in [7, 11) is 0. The van der Waals surface area contributed by atoms with Gasteiger partial charge in [0.2, 0.25) is 6.19 Å². The molecule has 0 saturated carbocycles. The van der Waals surface area contributed by atoms with Crippen LogP contribution in [0.15, 0.2) is 89.9 Å². The molecule has 0 amide bonds. The van der Waals surface area contributed by atoms with Crippen LogP contribution in [-0.2, 0) is 31.1 Å². The Bertz CT molecular complexity index is 2290. The lowest BCUT2D eigenvalue weighted by atomic mass is 9.95. The first-order valence-electron chi connectivity index (χ1n) is 14.7. The number of alkyl halides is 12. The predicted octanol–water partition coefficient (Wildman–Crippen LogP) is 12.0. The van der Waals surface area contributed by atoms with Gasteiger partial charge in [0.05, 0.1) is 28.0 Å². The van der Waals surface area contributed by atoms with Crippen LogP contribution in [0.3, 0.4) is 0 Å². The monoisotopic (exact) mass is 716 g/mol. The highest BCUT2D eigenvalue weighted by Crippen LogP contribution is 2.48. The van der Waals surface area contributed by atoms with Gasteiger partial charge >= 0.3 is 24.7 Å². The molecule has 51 heavy (non-hydrogen) atoms. The smallest absolute Gasteiger partial charge is 0.172 e. The quantitative estimate of drug-likeness (QED) is 0.130. The number of nitriles is 1. The average molecular weight is 717 g/mol. The van der Waals surface area contributed by atoms with E-state index in [4.69, 9.17) is 0 Å². The van der Waals surface area contributed by atoms with Gasteiger partial charge in [-0.25, -0.2) is 0 Å². The highest BCUT2D eigenvalue weighted by atomic mass is 19.4. The Balaban J connectivity index is 1.29. The van der Waals surface area contributed by atoms with Crippen molar-refractivity contribution < 1.29 is 52.7 Å². The lowest BCUT2D eigenvalue weighted by Crippen LogP contribution is -2.11. The molecule has 0 fully saturated rings. The molecular formula is C37H16F12N2. The average Bonchev–Trinajstić information content (AvgIpc) is 3.55. The van der Waals surface area contributed by atoms with Crippen LogP contribution in [0.5, 0.6) is 0 Å².